The van der Waals surface area contributed by atoms with Crippen molar-refractivity contribution >= 4 is 5.69 Å². The molecular weight excluding hydrogens is 231 g/mol. The average molecular weight is 254 g/mol. The van der Waals surface area contributed by atoms with Gasteiger partial charge >= 0.3 is 0 Å². The Kier molecular flexibility index (Phi) is 7.37. The fourth-order valence-electron chi connectivity index (χ4n) is 1.75. The number of halogens is 1. The molecule has 2 N–H and O–H groups in total. The third-order valence-corrected chi connectivity index (χ3v) is 2.66. The summed E-state index contributed by atoms with van der Waals surface area (Å²) >= 11 is 0. The first-order chi connectivity index (χ1) is 8.77. The summed E-state index contributed by atoms with van der Waals surface area (Å²) in [5.41, 5.74) is 6.42. The molecule has 1 rings (SSSR count). The van der Waals surface area contributed by atoms with Gasteiger partial charge in [-0.15, -0.1) is 0 Å². The number of ether oxygens (including phenoxy) is 1. The number of nitrogens with zero attached hydrogens (tertiary/aromatic N) is 1. The molecular formula is C14H23FN2O. The third kappa shape index (κ3) is 5.47. The van der Waals surface area contributed by atoms with Crippen LogP contribution in [0.5, 0.6) is 0 Å². The van der Waals surface area contributed by atoms with Crippen LogP contribution in [0.25, 0.3) is 0 Å². The molecule has 0 aliphatic rings. The van der Waals surface area contributed by atoms with Crippen LogP contribution in [0.1, 0.15) is 19.8 Å². The molecule has 0 saturated heterocycles. The summed E-state index contributed by atoms with van der Waals surface area (Å²) in [6.07, 6.45) is 1.91. The molecule has 0 fully saturated rings. The Bertz CT molecular complexity index is 333. The first-order valence-electron chi connectivity index (χ1n) is 6.56. The standard InChI is InChI=1S/C14H23FN2O/c1-2-10-18-11-9-17(8-4-7-16)14-6-3-5-13(15)12-14/h3,5-6,12H,2,4,7-11,16H2,1H3. The molecule has 102 valence electrons. The lowest BCUT2D eigenvalue weighted by molar-refractivity contribution is 0.140. The Morgan fingerprint density at radius 2 is 2.11 bits per heavy atom. The number of hydrogen-bond donors (Lipinski definition) is 1. The number of hydrogen-bond acceptors (Lipinski definition) is 3. The van der Waals surface area contributed by atoms with E-state index in [0.717, 1.165) is 38.2 Å². The maximum atomic E-state index is 13.2. The van der Waals surface area contributed by atoms with Gasteiger partial charge in [-0.3, -0.25) is 0 Å². The highest BCUT2D eigenvalue weighted by Crippen LogP contribution is 2.15. The molecule has 0 radical (unpaired) electrons. The van der Waals surface area contributed by atoms with Gasteiger partial charge in [0.2, 0.25) is 0 Å². The van der Waals surface area contributed by atoms with E-state index in [1.165, 1.54) is 6.07 Å². The van der Waals surface area contributed by atoms with Crippen molar-refractivity contribution in [1.82, 2.24) is 0 Å². The first kappa shape index (κ1) is 14.9. The molecule has 0 aliphatic carbocycles. The summed E-state index contributed by atoms with van der Waals surface area (Å²) in [5.74, 6) is -0.209. The van der Waals surface area contributed by atoms with Crippen LogP contribution >= 0.6 is 0 Å². The number of nitrogens with two attached hydrogens (primary N) is 1. The Morgan fingerprint density at radius 3 is 2.78 bits per heavy atom. The fraction of sp³-hybridized carbons (Fsp3) is 0.571. The zero-order chi connectivity index (χ0) is 13.2. The van der Waals surface area contributed by atoms with Crippen molar-refractivity contribution in [3.05, 3.63) is 30.1 Å². The van der Waals surface area contributed by atoms with E-state index >= 15 is 0 Å². The summed E-state index contributed by atoms with van der Waals surface area (Å²) in [7, 11) is 0. The van der Waals surface area contributed by atoms with Crippen molar-refractivity contribution in [2.75, 3.05) is 37.7 Å². The highest BCUT2D eigenvalue weighted by molar-refractivity contribution is 5.46. The summed E-state index contributed by atoms with van der Waals surface area (Å²) in [4.78, 5) is 2.12. The van der Waals surface area contributed by atoms with Crippen molar-refractivity contribution in [2.45, 2.75) is 19.8 Å². The van der Waals surface area contributed by atoms with Gasteiger partial charge in [0.15, 0.2) is 0 Å². The minimum atomic E-state index is -0.209. The highest BCUT2D eigenvalue weighted by atomic mass is 19.1. The quantitative estimate of drug-likeness (QED) is 0.688. The van der Waals surface area contributed by atoms with Gasteiger partial charge in [0, 0.05) is 25.4 Å². The van der Waals surface area contributed by atoms with Crippen molar-refractivity contribution in [1.29, 1.82) is 0 Å². The molecule has 0 amide bonds. The Hall–Kier alpha value is -1.13. The smallest absolute Gasteiger partial charge is 0.125 e. The zero-order valence-corrected chi connectivity index (χ0v) is 11.1. The molecule has 0 atom stereocenters. The lowest BCUT2D eigenvalue weighted by Gasteiger charge is -2.24. The molecule has 0 spiro atoms. The minimum Gasteiger partial charge on any atom is -0.380 e. The van der Waals surface area contributed by atoms with Crippen LogP contribution in [0.3, 0.4) is 0 Å². The van der Waals surface area contributed by atoms with Crippen LogP contribution in [0.15, 0.2) is 24.3 Å². The van der Waals surface area contributed by atoms with E-state index in [1.54, 1.807) is 12.1 Å². The molecule has 1 aromatic carbocycles. The van der Waals surface area contributed by atoms with E-state index in [0.29, 0.717) is 13.2 Å². The van der Waals surface area contributed by atoms with Gasteiger partial charge in [0.05, 0.1) is 6.61 Å². The van der Waals surface area contributed by atoms with E-state index < -0.39 is 0 Å². The topological polar surface area (TPSA) is 38.5 Å². The van der Waals surface area contributed by atoms with Crippen molar-refractivity contribution in [3.63, 3.8) is 0 Å². The van der Waals surface area contributed by atoms with Crippen molar-refractivity contribution in [3.8, 4) is 0 Å². The van der Waals surface area contributed by atoms with Crippen molar-refractivity contribution in [2.24, 2.45) is 5.73 Å². The van der Waals surface area contributed by atoms with Gasteiger partial charge in [0.1, 0.15) is 5.82 Å². The van der Waals surface area contributed by atoms with E-state index in [-0.39, 0.29) is 5.82 Å². The Labute approximate surface area is 109 Å². The monoisotopic (exact) mass is 254 g/mol. The second kappa shape index (κ2) is 8.89. The van der Waals surface area contributed by atoms with Crippen LogP contribution < -0.4 is 10.6 Å². The maximum Gasteiger partial charge on any atom is 0.125 e. The summed E-state index contributed by atoms with van der Waals surface area (Å²) in [6, 6.07) is 6.65. The van der Waals surface area contributed by atoms with E-state index in [1.807, 2.05) is 6.07 Å². The molecule has 1 aromatic rings. The van der Waals surface area contributed by atoms with Gasteiger partial charge in [-0.25, -0.2) is 4.39 Å². The fourth-order valence-corrected chi connectivity index (χ4v) is 1.75. The number of anilines is 1. The SMILES string of the molecule is CCCOCCN(CCCN)c1cccc(F)c1. The maximum absolute atomic E-state index is 13.2. The Balaban J connectivity index is 2.54. The molecule has 3 nitrogen and oxygen atoms in total. The minimum absolute atomic E-state index is 0.209. The second-order valence-electron chi connectivity index (χ2n) is 4.22. The van der Waals surface area contributed by atoms with Gasteiger partial charge in [-0.05, 0) is 37.6 Å². The van der Waals surface area contributed by atoms with E-state index in [4.69, 9.17) is 10.5 Å². The van der Waals surface area contributed by atoms with Crippen LogP contribution in [-0.2, 0) is 4.74 Å². The Morgan fingerprint density at radius 1 is 1.28 bits per heavy atom. The second-order valence-corrected chi connectivity index (χ2v) is 4.22. The molecule has 0 bridgehead atoms. The summed E-state index contributed by atoms with van der Waals surface area (Å²) in [6.45, 7) is 5.75. The van der Waals surface area contributed by atoms with Crippen LogP contribution in [0.2, 0.25) is 0 Å². The predicted molar refractivity (Wildman–Crippen MR) is 73.4 cm³/mol. The van der Waals surface area contributed by atoms with E-state index in [2.05, 4.69) is 11.8 Å². The van der Waals surface area contributed by atoms with Gasteiger partial charge in [-0.1, -0.05) is 13.0 Å². The normalized spacial score (nSPS) is 10.6. The number of rotatable bonds is 9. The van der Waals surface area contributed by atoms with Crippen molar-refractivity contribution < 1.29 is 9.13 Å². The van der Waals surface area contributed by atoms with Crippen LogP contribution in [0, 0.1) is 5.82 Å². The lowest BCUT2D eigenvalue weighted by atomic mass is 10.2. The molecule has 0 unspecified atom stereocenters. The lowest BCUT2D eigenvalue weighted by Crippen LogP contribution is -2.30. The summed E-state index contributed by atoms with van der Waals surface area (Å²) < 4.78 is 18.7. The number of benzene rings is 1. The predicted octanol–water partition coefficient (Wildman–Crippen LogP) is 2.41. The third-order valence-electron chi connectivity index (χ3n) is 2.66. The largest absolute Gasteiger partial charge is 0.380 e. The van der Waals surface area contributed by atoms with Gasteiger partial charge < -0.3 is 15.4 Å². The van der Waals surface area contributed by atoms with E-state index in [9.17, 15) is 4.39 Å². The molecule has 0 aliphatic heterocycles. The zero-order valence-electron chi connectivity index (χ0n) is 11.1. The summed E-state index contributed by atoms with van der Waals surface area (Å²) in [5, 5.41) is 0. The molecule has 0 aromatic heterocycles. The molecule has 4 heteroatoms. The van der Waals surface area contributed by atoms with Crippen LogP contribution in [-0.4, -0.2) is 32.8 Å². The van der Waals surface area contributed by atoms with Gasteiger partial charge in [0.25, 0.3) is 0 Å². The first-order valence-corrected chi connectivity index (χ1v) is 6.56. The molecule has 18 heavy (non-hydrogen) atoms. The van der Waals surface area contributed by atoms with Gasteiger partial charge in [-0.2, -0.15) is 0 Å². The molecule has 0 saturated carbocycles. The highest BCUT2D eigenvalue weighted by Gasteiger charge is 2.06. The molecule has 0 heterocycles. The average Bonchev–Trinajstić information content (AvgIpc) is 2.38. The van der Waals surface area contributed by atoms with Crippen LogP contribution in [0.4, 0.5) is 10.1 Å².